The Hall–Kier alpha value is -4.00. The van der Waals surface area contributed by atoms with Gasteiger partial charge in [0, 0.05) is 54.2 Å². The highest BCUT2D eigenvalue weighted by Crippen LogP contribution is 2.37. The van der Waals surface area contributed by atoms with Gasteiger partial charge in [-0.05, 0) is 47.7 Å². The van der Waals surface area contributed by atoms with Gasteiger partial charge in [0.05, 0.1) is 4.92 Å². The number of nitro benzene ring substituents is 1. The second-order valence-corrected chi connectivity index (χ2v) is 9.56. The van der Waals surface area contributed by atoms with Crippen molar-refractivity contribution >= 4 is 22.5 Å². The lowest BCUT2D eigenvalue weighted by atomic mass is 9.87. The summed E-state index contributed by atoms with van der Waals surface area (Å²) in [5.41, 5.74) is 3.47. The fraction of sp³-hybridized carbons (Fsp3) is 0.276. The second kappa shape index (κ2) is 10.7. The Bertz CT molecular complexity index is 1360. The van der Waals surface area contributed by atoms with E-state index in [1.807, 2.05) is 57.3 Å². The number of fused-ring (bicyclic) bond motifs is 1. The highest BCUT2D eigenvalue weighted by Gasteiger charge is 2.25. The van der Waals surface area contributed by atoms with Gasteiger partial charge in [0.15, 0.2) is 0 Å². The van der Waals surface area contributed by atoms with Gasteiger partial charge in [0.2, 0.25) is 5.91 Å². The van der Waals surface area contributed by atoms with E-state index in [4.69, 9.17) is 0 Å². The van der Waals surface area contributed by atoms with E-state index in [-0.39, 0.29) is 35.8 Å². The molecule has 0 bridgehead atoms. The van der Waals surface area contributed by atoms with Crippen molar-refractivity contribution in [2.75, 3.05) is 0 Å². The third-order valence-electron chi connectivity index (χ3n) is 6.73. The van der Waals surface area contributed by atoms with Crippen LogP contribution in [0.3, 0.4) is 0 Å². The van der Waals surface area contributed by atoms with Crippen molar-refractivity contribution in [3.63, 3.8) is 0 Å². The van der Waals surface area contributed by atoms with Crippen LogP contribution in [0.25, 0.3) is 10.9 Å². The standard InChI is InChI=1S/C29H30FN3O3/c1-19(2)20(3)31-29(34)16-25(22-9-11-23(30)12-10-22)27-18-32(17-21-7-5-4-6-8-21)28-14-13-24(33(35)36)15-26(27)28/h4-15,18-20,25H,16-17H2,1-3H3,(H,31,34)/t20-,25+/m0/s1. The first-order valence-electron chi connectivity index (χ1n) is 12.1. The molecule has 0 aliphatic heterocycles. The molecule has 0 saturated carbocycles. The number of non-ortho nitro benzene ring substituents is 1. The van der Waals surface area contributed by atoms with Gasteiger partial charge in [-0.3, -0.25) is 14.9 Å². The monoisotopic (exact) mass is 487 g/mol. The van der Waals surface area contributed by atoms with Crippen LogP contribution >= 0.6 is 0 Å². The Morgan fingerprint density at radius 1 is 1.03 bits per heavy atom. The minimum absolute atomic E-state index is 0.00752. The molecule has 7 heteroatoms. The fourth-order valence-corrected chi connectivity index (χ4v) is 4.38. The van der Waals surface area contributed by atoms with Crippen LogP contribution in [0.15, 0.2) is 79.0 Å². The van der Waals surface area contributed by atoms with Gasteiger partial charge in [-0.25, -0.2) is 4.39 Å². The van der Waals surface area contributed by atoms with Crippen LogP contribution in [0.2, 0.25) is 0 Å². The predicted octanol–water partition coefficient (Wildman–Crippen LogP) is 6.42. The van der Waals surface area contributed by atoms with Crippen LogP contribution in [0, 0.1) is 21.8 Å². The Morgan fingerprint density at radius 3 is 2.36 bits per heavy atom. The number of nitro groups is 1. The maximum absolute atomic E-state index is 13.8. The average Bonchev–Trinajstić information content (AvgIpc) is 3.21. The molecule has 3 aromatic carbocycles. The van der Waals surface area contributed by atoms with Gasteiger partial charge in [-0.15, -0.1) is 0 Å². The zero-order valence-corrected chi connectivity index (χ0v) is 20.6. The van der Waals surface area contributed by atoms with Crippen molar-refractivity contribution in [2.24, 2.45) is 5.92 Å². The number of carbonyl (C=O) groups is 1. The first-order chi connectivity index (χ1) is 17.2. The SMILES string of the molecule is CC(C)[C@H](C)NC(=O)C[C@H](c1ccc(F)cc1)c1cn(Cc2ccccc2)c2ccc([N+](=O)[O-])cc12. The number of benzene rings is 3. The van der Waals surface area contributed by atoms with Crippen molar-refractivity contribution in [3.05, 3.63) is 112 Å². The van der Waals surface area contributed by atoms with E-state index in [0.717, 1.165) is 22.2 Å². The first-order valence-corrected chi connectivity index (χ1v) is 12.1. The molecule has 1 heterocycles. The predicted molar refractivity (Wildman–Crippen MR) is 139 cm³/mol. The molecular weight excluding hydrogens is 457 g/mol. The quantitative estimate of drug-likeness (QED) is 0.219. The summed E-state index contributed by atoms with van der Waals surface area (Å²) >= 11 is 0. The van der Waals surface area contributed by atoms with E-state index in [9.17, 15) is 19.3 Å². The van der Waals surface area contributed by atoms with Crippen LogP contribution in [-0.4, -0.2) is 21.4 Å². The third-order valence-corrected chi connectivity index (χ3v) is 6.73. The van der Waals surface area contributed by atoms with Gasteiger partial charge in [-0.2, -0.15) is 0 Å². The minimum atomic E-state index is -0.415. The summed E-state index contributed by atoms with van der Waals surface area (Å²) in [7, 11) is 0. The second-order valence-electron chi connectivity index (χ2n) is 9.56. The molecule has 0 saturated heterocycles. The zero-order valence-electron chi connectivity index (χ0n) is 20.6. The van der Waals surface area contributed by atoms with E-state index >= 15 is 0 Å². The molecule has 1 amide bonds. The number of nitrogens with one attached hydrogen (secondary N) is 1. The molecule has 6 nitrogen and oxygen atoms in total. The van der Waals surface area contributed by atoms with E-state index in [1.165, 1.54) is 18.2 Å². The van der Waals surface area contributed by atoms with Gasteiger partial charge in [0.1, 0.15) is 5.82 Å². The highest BCUT2D eigenvalue weighted by atomic mass is 19.1. The molecule has 1 N–H and O–H groups in total. The summed E-state index contributed by atoms with van der Waals surface area (Å²) in [6.07, 6.45) is 2.10. The molecule has 36 heavy (non-hydrogen) atoms. The maximum Gasteiger partial charge on any atom is 0.270 e. The number of rotatable bonds is 9. The summed E-state index contributed by atoms with van der Waals surface area (Å²) in [5.74, 6) is -0.627. The number of nitrogens with zero attached hydrogens (tertiary/aromatic N) is 2. The summed E-state index contributed by atoms with van der Waals surface area (Å²) < 4.78 is 15.8. The highest BCUT2D eigenvalue weighted by molar-refractivity contribution is 5.88. The minimum Gasteiger partial charge on any atom is -0.353 e. The lowest BCUT2D eigenvalue weighted by Crippen LogP contribution is -2.36. The van der Waals surface area contributed by atoms with E-state index in [0.29, 0.717) is 11.9 Å². The van der Waals surface area contributed by atoms with Crippen molar-refractivity contribution in [1.29, 1.82) is 0 Å². The van der Waals surface area contributed by atoms with Gasteiger partial charge in [-0.1, -0.05) is 56.3 Å². The molecule has 0 unspecified atom stereocenters. The zero-order chi connectivity index (χ0) is 25.8. The Morgan fingerprint density at radius 2 is 1.72 bits per heavy atom. The smallest absolute Gasteiger partial charge is 0.270 e. The Kier molecular flexibility index (Phi) is 7.48. The van der Waals surface area contributed by atoms with Gasteiger partial charge >= 0.3 is 0 Å². The molecule has 0 radical (unpaired) electrons. The van der Waals surface area contributed by atoms with Crippen molar-refractivity contribution < 1.29 is 14.1 Å². The summed E-state index contributed by atoms with van der Waals surface area (Å²) in [6.45, 7) is 6.61. The van der Waals surface area contributed by atoms with Crippen LogP contribution in [0.4, 0.5) is 10.1 Å². The molecule has 0 aliphatic rings. The molecule has 4 rings (SSSR count). The lowest BCUT2D eigenvalue weighted by molar-refractivity contribution is -0.384. The molecule has 0 fully saturated rings. The summed E-state index contributed by atoms with van der Waals surface area (Å²) in [4.78, 5) is 24.3. The molecule has 186 valence electrons. The van der Waals surface area contributed by atoms with Crippen LogP contribution in [-0.2, 0) is 11.3 Å². The lowest BCUT2D eigenvalue weighted by Gasteiger charge is -2.21. The largest absolute Gasteiger partial charge is 0.353 e. The van der Waals surface area contributed by atoms with Crippen LogP contribution in [0.5, 0.6) is 0 Å². The third kappa shape index (κ3) is 5.62. The molecule has 0 spiro atoms. The first kappa shape index (κ1) is 25.1. The molecule has 4 aromatic rings. The number of carbonyl (C=O) groups excluding carboxylic acids is 1. The molecule has 1 aromatic heterocycles. The molecule has 2 atom stereocenters. The van der Waals surface area contributed by atoms with Gasteiger partial charge < -0.3 is 9.88 Å². The maximum atomic E-state index is 13.8. The van der Waals surface area contributed by atoms with Crippen LogP contribution in [0.1, 0.15) is 49.8 Å². The summed E-state index contributed by atoms with van der Waals surface area (Å²) in [5, 5.41) is 15.4. The Labute approximate surface area is 209 Å². The van der Waals surface area contributed by atoms with Crippen LogP contribution < -0.4 is 5.32 Å². The van der Waals surface area contributed by atoms with Gasteiger partial charge in [0.25, 0.3) is 5.69 Å². The van der Waals surface area contributed by atoms with E-state index < -0.39 is 10.8 Å². The number of halogens is 1. The molecule has 0 aliphatic carbocycles. The van der Waals surface area contributed by atoms with Crippen molar-refractivity contribution in [2.45, 2.75) is 45.7 Å². The topological polar surface area (TPSA) is 77.2 Å². The average molecular weight is 488 g/mol. The van der Waals surface area contributed by atoms with Crippen molar-refractivity contribution in [3.8, 4) is 0 Å². The number of hydrogen-bond acceptors (Lipinski definition) is 3. The normalized spacial score (nSPS) is 13.0. The van der Waals surface area contributed by atoms with E-state index in [1.54, 1.807) is 24.3 Å². The number of amides is 1. The number of aromatic nitrogens is 1. The fourth-order valence-electron chi connectivity index (χ4n) is 4.38. The Balaban J connectivity index is 1.83. The van der Waals surface area contributed by atoms with Crippen molar-refractivity contribution in [1.82, 2.24) is 9.88 Å². The molecular formula is C29H30FN3O3. The number of hydrogen-bond donors (Lipinski definition) is 1. The summed E-state index contributed by atoms with van der Waals surface area (Å²) in [6, 6.07) is 20.9. The van der Waals surface area contributed by atoms with E-state index in [2.05, 4.69) is 9.88 Å².